The van der Waals surface area contributed by atoms with E-state index < -0.39 is 12.1 Å². The molecule has 0 heterocycles. The summed E-state index contributed by atoms with van der Waals surface area (Å²) in [6.45, 7) is 4.96. The summed E-state index contributed by atoms with van der Waals surface area (Å²) in [5.74, 6) is -0.0382. The molecule has 6 nitrogen and oxygen atoms in total. The lowest BCUT2D eigenvalue weighted by atomic mass is 10.0. The number of esters is 1. The summed E-state index contributed by atoms with van der Waals surface area (Å²) in [5.41, 5.74) is 0. The van der Waals surface area contributed by atoms with Crippen molar-refractivity contribution in [3.05, 3.63) is 12.2 Å². The van der Waals surface area contributed by atoms with E-state index in [4.69, 9.17) is 4.74 Å². The van der Waals surface area contributed by atoms with E-state index in [0.29, 0.717) is 25.9 Å². The van der Waals surface area contributed by atoms with Crippen molar-refractivity contribution in [2.75, 3.05) is 13.2 Å². The van der Waals surface area contributed by atoms with Gasteiger partial charge < -0.3 is 20.3 Å². The highest BCUT2D eigenvalue weighted by Crippen LogP contribution is 2.18. The number of nitrogens with one attached hydrogen (secondary N) is 1. The third kappa shape index (κ3) is 53.9. The Morgan fingerprint density at radius 3 is 1.04 bits per heavy atom. The molecule has 0 aliphatic carbocycles. The van der Waals surface area contributed by atoms with Crippen LogP contribution in [0.1, 0.15) is 348 Å². The molecule has 68 heavy (non-hydrogen) atoms. The topological polar surface area (TPSA) is 95.9 Å². The maximum Gasteiger partial charge on any atom is 0.305 e. The summed E-state index contributed by atoms with van der Waals surface area (Å²) in [6.07, 6.45) is 69.2. The van der Waals surface area contributed by atoms with Crippen LogP contribution in [-0.4, -0.2) is 47.4 Å². The van der Waals surface area contributed by atoms with Crippen molar-refractivity contribution in [3.63, 3.8) is 0 Å². The van der Waals surface area contributed by atoms with Gasteiger partial charge in [0.15, 0.2) is 0 Å². The third-order valence-corrected chi connectivity index (χ3v) is 14.6. The van der Waals surface area contributed by atoms with E-state index in [1.54, 1.807) is 0 Å². The number of hydrogen-bond donors (Lipinski definition) is 3. The second-order valence-corrected chi connectivity index (χ2v) is 21.4. The van der Waals surface area contributed by atoms with E-state index in [0.717, 1.165) is 44.9 Å². The predicted octanol–water partition coefficient (Wildman–Crippen LogP) is 19.2. The van der Waals surface area contributed by atoms with Crippen LogP contribution in [0.25, 0.3) is 0 Å². The van der Waals surface area contributed by atoms with E-state index in [2.05, 4.69) is 31.3 Å². The molecule has 0 bridgehead atoms. The van der Waals surface area contributed by atoms with Gasteiger partial charge in [-0.3, -0.25) is 9.59 Å². The highest BCUT2D eigenvalue weighted by molar-refractivity contribution is 5.76. The van der Waals surface area contributed by atoms with Crippen LogP contribution in [0.4, 0.5) is 0 Å². The molecule has 2 unspecified atom stereocenters. The molecule has 0 aliphatic rings. The van der Waals surface area contributed by atoms with Crippen LogP contribution in [-0.2, 0) is 14.3 Å². The Kier molecular flexibility index (Phi) is 57.0. The van der Waals surface area contributed by atoms with Gasteiger partial charge >= 0.3 is 5.97 Å². The maximum absolute atomic E-state index is 12.5. The standard InChI is InChI=1S/C62H121NO5/c1-3-5-7-9-11-13-15-17-19-21-23-26-30-34-38-42-46-50-54-60(65)59(58-64)63-61(66)55-51-47-43-39-35-31-27-24-22-25-29-33-37-41-45-49-53-57-68-62(67)56-52-48-44-40-36-32-28-20-18-16-14-12-10-8-6-4-2/h20,28,59-60,64-65H,3-19,21-27,29-58H2,1-2H3,(H,63,66)/b28-20-. The lowest BCUT2D eigenvalue weighted by molar-refractivity contribution is -0.143. The summed E-state index contributed by atoms with van der Waals surface area (Å²) in [5, 5.41) is 23.3. The van der Waals surface area contributed by atoms with Crippen molar-refractivity contribution < 1.29 is 24.5 Å². The fraction of sp³-hybridized carbons (Fsp3) is 0.935. The Labute approximate surface area is 425 Å². The molecule has 404 valence electrons. The van der Waals surface area contributed by atoms with Gasteiger partial charge in [-0.15, -0.1) is 0 Å². The van der Waals surface area contributed by atoms with Gasteiger partial charge in [0, 0.05) is 12.8 Å². The molecule has 0 saturated heterocycles. The molecule has 0 rings (SSSR count). The molecule has 0 aromatic carbocycles. The number of unbranched alkanes of at least 4 members (excludes halogenated alkanes) is 45. The smallest absolute Gasteiger partial charge is 0.305 e. The zero-order chi connectivity index (χ0) is 49.3. The van der Waals surface area contributed by atoms with Crippen LogP contribution >= 0.6 is 0 Å². The van der Waals surface area contributed by atoms with Gasteiger partial charge in [0.25, 0.3) is 0 Å². The molecule has 0 radical (unpaired) electrons. The first-order valence-corrected chi connectivity index (χ1v) is 30.9. The monoisotopic (exact) mass is 960 g/mol. The first kappa shape index (κ1) is 66.6. The van der Waals surface area contributed by atoms with Crippen molar-refractivity contribution in [2.45, 2.75) is 360 Å². The fourth-order valence-corrected chi connectivity index (χ4v) is 9.81. The van der Waals surface area contributed by atoms with Gasteiger partial charge in [-0.2, -0.15) is 0 Å². The zero-order valence-corrected chi connectivity index (χ0v) is 46.1. The quantitative estimate of drug-likeness (QED) is 0.0321. The van der Waals surface area contributed by atoms with Crippen LogP contribution < -0.4 is 5.32 Å². The van der Waals surface area contributed by atoms with Crippen LogP contribution in [0.5, 0.6) is 0 Å². The SMILES string of the molecule is CCCCCCCCC/C=C\CCCCCCCC(=O)OCCCCCCCCCCCCCCCCCCCC(=O)NC(CO)C(O)CCCCCCCCCCCCCCCCCCCC. The lowest BCUT2D eigenvalue weighted by Gasteiger charge is -2.22. The van der Waals surface area contributed by atoms with Gasteiger partial charge in [-0.05, 0) is 51.4 Å². The Bertz CT molecular complexity index is 1020. The van der Waals surface area contributed by atoms with Crippen LogP contribution in [0.15, 0.2) is 12.2 Å². The molecule has 0 aliphatic heterocycles. The van der Waals surface area contributed by atoms with E-state index >= 15 is 0 Å². The van der Waals surface area contributed by atoms with E-state index in [-0.39, 0.29) is 18.5 Å². The minimum atomic E-state index is -0.668. The zero-order valence-electron chi connectivity index (χ0n) is 46.1. The normalized spacial score (nSPS) is 12.6. The Balaban J connectivity index is 3.41. The number of hydrogen-bond acceptors (Lipinski definition) is 5. The van der Waals surface area contributed by atoms with Crippen molar-refractivity contribution in [3.8, 4) is 0 Å². The summed E-state index contributed by atoms with van der Waals surface area (Å²) >= 11 is 0. The summed E-state index contributed by atoms with van der Waals surface area (Å²) < 4.78 is 5.48. The first-order chi connectivity index (χ1) is 33.5. The molecule has 6 heteroatoms. The summed E-state index contributed by atoms with van der Waals surface area (Å²) in [4.78, 5) is 24.6. The Morgan fingerprint density at radius 2 is 0.691 bits per heavy atom. The average molecular weight is 961 g/mol. The van der Waals surface area contributed by atoms with Crippen molar-refractivity contribution in [2.24, 2.45) is 0 Å². The number of ether oxygens (including phenoxy) is 1. The van der Waals surface area contributed by atoms with Gasteiger partial charge in [0.2, 0.25) is 5.91 Å². The number of carbonyl (C=O) groups excluding carboxylic acids is 2. The minimum absolute atomic E-state index is 0.00102. The highest BCUT2D eigenvalue weighted by Gasteiger charge is 2.20. The summed E-state index contributed by atoms with van der Waals surface area (Å²) in [6, 6.07) is -0.545. The Hall–Kier alpha value is -1.40. The highest BCUT2D eigenvalue weighted by atomic mass is 16.5. The molecule has 0 fully saturated rings. The molecule has 0 aromatic heterocycles. The average Bonchev–Trinajstić information content (AvgIpc) is 3.34. The molecule has 1 amide bonds. The van der Waals surface area contributed by atoms with Gasteiger partial charge in [-0.1, -0.05) is 296 Å². The van der Waals surface area contributed by atoms with Crippen LogP contribution in [0.3, 0.4) is 0 Å². The molecule has 0 saturated carbocycles. The van der Waals surface area contributed by atoms with Crippen molar-refractivity contribution in [1.29, 1.82) is 0 Å². The first-order valence-electron chi connectivity index (χ1n) is 30.9. The number of carbonyl (C=O) groups is 2. The number of aliphatic hydroxyl groups excluding tert-OH is 2. The fourth-order valence-electron chi connectivity index (χ4n) is 9.81. The van der Waals surface area contributed by atoms with Gasteiger partial charge in [-0.25, -0.2) is 0 Å². The number of allylic oxidation sites excluding steroid dienone is 2. The molecule has 0 aromatic rings. The largest absolute Gasteiger partial charge is 0.466 e. The number of rotatable bonds is 58. The maximum atomic E-state index is 12.5. The predicted molar refractivity (Wildman–Crippen MR) is 297 cm³/mol. The Morgan fingerprint density at radius 1 is 0.397 bits per heavy atom. The second kappa shape index (κ2) is 58.2. The van der Waals surface area contributed by atoms with Crippen LogP contribution in [0, 0.1) is 0 Å². The van der Waals surface area contributed by atoms with Crippen molar-refractivity contribution >= 4 is 11.9 Å². The van der Waals surface area contributed by atoms with Crippen LogP contribution in [0.2, 0.25) is 0 Å². The van der Waals surface area contributed by atoms with E-state index in [1.807, 2.05) is 0 Å². The third-order valence-electron chi connectivity index (χ3n) is 14.6. The van der Waals surface area contributed by atoms with Gasteiger partial charge in [0.1, 0.15) is 0 Å². The molecule has 0 spiro atoms. The number of aliphatic hydroxyl groups is 2. The number of amides is 1. The molecular weight excluding hydrogens is 839 g/mol. The van der Waals surface area contributed by atoms with Crippen molar-refractivity contribution in [1.82, 2.24) is 5.32 Å². The minimum Gasteiger partial charge on any atom is -0.466 e. The summed E-state index contributed by atoms with van der Waals surface area (Å²) in [7, 11) is 0. The molecule has 2 atom stereocenters. The molecule has 3 N–H and O–H groups in total. The second-order valence-electron chi connectivity index (χ2n) is 21.4. The molecular formula is C62H121NO5. The van der Waals surface area contributed by atoms with E-state index in [9.17, 15) is 19.8 Å². The van der Waals surface area contributed by atoms with Gasteiger partial charge in [0.05, 0.1) is 25.4 Å². The van der Waals surface area contributed by atoms with E-state index in [1.165, 1.54) is 270 Å². The lowest BCUT2D eigenvalue weighted by Crippen LogP contribution is -2.45.